The minimum absolute atomic E-state index is 0.225. The summed E-state index contributed by atoms with van der Waals surface area (Å²) < 4.78 is 3.38. The first-order valence-corrected chi connectivity index (χ1v) is 8.65. The molecule has 3 rings (SSSR count). The van der Waals surface area contributed by atoms with Crippen molar-refractivity contribution in [2.45, 2.75) is 13.0 Å². The summed E-state index contributed by atoms with van der Waals surface area (Å²) in [7, 11) is 0. The maximum atomic E-state index is 4.30. The highest BCUT2D eigenvalue weighted by Crippen LogP contribution is 2.30. The van der Waals surface area contributed by atoms with E-state index in [1.54, 1.807) is 11.3 Å². The van der Waals surface area contributed by atoms with Crippen LogP contribution in [-0.2, 0) is 0 Å². The van der Waals surface area contributed by atoms with E-state index in [1.807, 2.05) is 5.51 Å². The molecule has 0 aliphatic rings. The summed E-state index contributed by atoms with van der Waals surface area (Å²) in [5.41, 5.74) is 5.28. The zero-order valence-electron chi connectivity index (χ0n) is 10.7. The van der Waals surface area contributed by atoms with E-state index < -0.39 is 0 Å². The molecule has 0 bridgehead atoms. The normalized spacial score (nSPS) is 12.6. The number of anilines is 1. The molecule has 1 unspecified atom stereocenters. The number of rotatable bonds is 3. The lowest BCUT2D eigenvalue weighted by Crippen LogP contribution is -2.07. The Morgan fingerprint density at radius 1 is 1.15 bits per heavy atom. The Hall–Kier alpha value is -0.910. The van der Waals surface area contributed by atoms with Gasteiger partial charge in [0.05, 0.1) is 15.7 Å². The van der Waals surface area contributed by atoms with Gasteiger partial charge in [-0.05, 0) is 42.8 Å². The molecule has 1 atom stereocenters. The van der Waals surface area contributed by atoms with E-state index in [2.05, 4.69) is 85.5 Å². The Balaban J connectivity index is 1.85. The Bertz CT molecular complexity index is 754. The van der Waals surface area contributed by atoms with Crippen molar-refractivity contribution >= 4 is 59.1 Å². The van der Waals surface area contributed by atoms with Gasteiger partial charge in [0.25, 0.3) is 0 Å². The molecule has 2 nitrogen and oxygen atoms in total. The van der Waals surface area contributed by atoms with Crippen LogP contribution in [0.2, 0.25) is 0 Å². The lowest BCUT2D eigenvalue weighted by Gasteiger charge is -2.17. The third-order valence-corrected chi connectivity index (χ3v) is 5.12. The number of nitrogens with one attached hydrogen (secondary N) is 1. The molecule has 5 heteroatoms. The van der Waals surface area contributed by atoms with Gasteiger partial charge in [-0.25, -0.2) is 4.98 Å². The zero-order chi connectivity index (χ0) is 14.1. The summed E-state index contributed by atoms with van der Waals surface area (Å²) >= 11 is 8.76. The third kappa shape index (κ3) is 2.90. The number of fused-ring (bicyclic) bond motifs is 1. The van der Waals surface area contributed by atoms with Crippen LogP contribution in [0.5, 0.6) is 0 Å². The average Bonchev–Trinajstić information content (AvgIpc) is 2.85. The number of hydrogen-bond acceptors (Lipinski definition) is 3. The van der Waals surface area contributed by atoms with Crippen molar-refractivity contribution in [3.8, 4) is 0 Å². The van der Waals surface area contributed by atoms with E-state index >= 15 is 0 Å². The second kappa shape index (κ2) is 5.84. The van der Waals surface area contributed by atoms with E-state index in [0.29, 0.717) is 0 Å². The van der Waals surface area contributed by atoms with E-state index in [9.17, 15) is 0 Å². The van der Waals surface area contributed by atoms with Crippen molar-refractivity contribution in [2.75, 3.05) is 5.32 Å². The van der Waals surface area contributed by atoms with Crippen LogP contribution in [0.25, 0.3) is 10.2 Å². The predicted molar refractivity (Wildman–Crippen MR) is 93.5 cm³/mol. The molecule has 0 radical (unpaired) electrons. The zero-order valence-corrected chi connectivity index (χ0v) is 14.7. The van der Waals surface area contributed by atoms with Crippen LogP contribution in [0, 0.1) is 0 Å². The lowest BCUT2D eigenvalue weighted by atomic mass is 10.1. The van der Waals surface area contributed by atoms with Crippen LogP contribution in [-0.4, -0.2) is 4.98 Å². The Labute approximate surface area is 138 Å². The highest BCUT2D eigenvalue weighted by Gasteiger charge is 2.10. The second-order valence-corrected chi connectivity index (χ2v) is 7.22. The van der Waals surface area contributed by atoms with Gasteiger partial charge in [-0.3, -0.25) is 0 Å². The van der Waals surface area contributed by atoms with Crippen molar-refractivity contribution < 1.29 is 0 Å². The van der Waals surface area contributed by atoms with Crippen LogP contribution >= 0.6 is 43.2 Å². The second-order valence-electron chi connectivity index (χ2n) is 4.57. The maximum Gasteiger partial charge on any atom is 0.0813 e. The largest absolute Gasteiger partial charge is 0.378 e. The molecule has 0 spiro atoms. The Kier molecular flexibility index (Phi) is 4.10. The molecular weight excluding hydrogens is 400 g/mol. The topological polar surface area (TPSA) is 24.9 Å². The van der Waals surface area contributed by atoms with Crippen LogP contribution in [0.1, 0.15) is 18.5 Å². The third-order valence-electron chi connectivity index (χ3n) is 3.14. The minimum atomic E-state index is 0.225. The van der Waals surface area contributed by atoms with Crippen molar-refractivity contribution in [3.05, 3.63) is 56.4 Å². The molecule has 1 aromatic heterocycles. The molecule has 0 amide bonds. The number of halogens is 2. The molecule has 0 aliphatic heterocycles. The monoisotopic (exact) mass is 410 g/mol. The standard InChI is InChI=1S/C15H12Br2N2S/c1-9(12-4-2-10(16)6-13(12)17)19-11-3-5-14-15(7-11)20-8-18-14/h2-9,19H,1H3. The Morgan fingerprint density at radius 2 is 2.00 bits per heavy atom. The molecule has 0 saturated carbocycles. The van der Waals surface area contributed by atoms with Gasteiger partial charge in [0.15, 0.2) is 0 Å². The number of aromatic nitrogens is 1. The first-order valence-electron chi connectivity index (χ1n) is 6.18. The summed E-state index contributed by atoms with van der Waals surface area (Å²) in [6, 6.07) is 12.8. The molecule has 3 aromatic rings. The van der Waals surface area contributed by atoms with Gasteiger partial charge in [-0.15, -0.1) is 11.3 Å². The molecule has 20 heavy (non-hydrogen) atoms. The fraction of sp³-hybridized carbons (Fsp3) is 0.133. The molecule has 1 N–H and O–H groups in total. The average molecular weight is 412 g/mol. The summed E-state index contributed by atoms with van der Waals surface area (Å²) in [4.78, 5) is 4.30. The van der Waals surface area contributed by atoms with Gasteiger partial charge < -0.3 is 5.32 Å². The van der Waals surface area contributed by atoms with E-state index in [1.165, 1.54) is 10.3 Å². The Morgan fingerprint density at radius 3 is 2.80 bits per heavy atom. The molecule has 1 heterocycles. The van der Waals surface area contributed by atoms with Gasteiger partial charge in [0.2, 0.25) is 0 Å². The van der Waals surface area contributed by atoms with Crippen molar-refractivity contribution in [1.82, 2.24) is 4.98 Å². The molecule has 0 aliphatic carbocycles. The van der Waals surface area contributed by atoms with Crippen molar-refractivity contribution in [2.24, 2.45) is 0 Å². The molecule has 102 valence electrons. The van der Waals surface area contributed by atoms with Crippen molar-refractivity contribution in [3.63, 3.8) is 0 Å². The molecular formula is C15H12Br2N2S. The lowest BCUT2D eigenvalue weighted by molar-refractivity contribution is 0.879. The summed E-state index contributed by atoms with van der Waals surface area (Å²) in [5, 5.41) is 3.53. The van der Waals surface area contributed by atoms with Crippen LogP contribution in [0.3, 0.4) is 0 Å². The summed E-state index contributed by atoms with van der Waals surface area (Å²) in [6.45, 7) is 2.16. The van der Waals surface area contributed by atoms with E-state index in [4.69, 9.17) is 0 Å². The van der Waals surface area contributed by atoms with E-state index in [-0.39, 0.29) is 6.04 Å². The molecule has 0 saturated heterocycles. The summed E-state index contributed by atoms with van der Waals surface area (Å²) in [5.74, 6) is 0. The quantitative estimate of drug-likeness (QED) is 0.572. The van der Waals surface area contributed by atoms with Gasteiger partial charge >= 0.3 is 0 Å². The minimum Gasteiger partial charge on any atom is -0.378 e. The highest BCUT2D eigenvalue weighted by molar-refractivity contribution is 9.11. The van der Waals surface area contributed by atoms with Gasteiger partial charge in [-0.2, -0.15) is 0 Å². The van der Waals surface area contributed by atoms with Gasteiger partial charge in [-0.1, -0.05) is 37.9 Å². The number of thiazole rings is 1. The van der Waals surface area contributed by atoms with Crippen LogP contribution in [0.4, 0.5) is 5.69 Å². The fourth-order valence-corrected chi connectivity index (χ4v) is 4.23. The maximum absolute atomic E-state index is 4.30. The molecule has 0 fully saturated rings. The number of hydrogen-bond donors (Lipinski definition) is 1. The first-order chi connectivity index (χ1) is 9.63. The van der Waals surface area contributed by atoms with E-state index in [0.717, 1.165) is 20.1 Å². The highest BCUT2D eigenvalue weighted by atomic mass is 79.9. The van der Waals surface area contributed by atoms with Gasteiger partial charge in [0, 0.05) is 20.7 Å². The molecule has 2 aromatic carbocycles. The smallest absolute Gasteiger partial charge is 0.0813 e. The SMILES string of the molecule is CC(Nc1ccc2ncsc2c1)c1ccc(Br)cc1Br. The number of benzene rings is 2. The van der Waals surface area contributed by atoms with Crippen LogP contribution < -0.4 is 5.32 Å². The van der Waals surface area contributed by atoms with Gasteiger partial charge in [0.1, 0.15) is 0 Å². The number of nitrogens with zero attached hydrogens (tertiary/aromatic N) is 1. The first kappa shape index (κ1) is 14.0. The summed E-state index contributed by atoms with van der Waals surface area (Å²) in [6.07, 6.45) is 0. The van der Waals surface area contributed by atoms with Crippen molar-refractivity contribution in [1.29, 1.82) is 0 Å². The predicted octanol–water partition coefficient (Wildman–Crippen LogP) is 5.99. The van der Waals surface area contributed by atoms with Crippen LogP contribution in [0.15, 0.2) is 50.9 Å². The fourth-order valence-electron chi connectivity index (χ4n) is 2.13.